The zero-order valence-electron chi connectivity index (χ0n) is 10.3. The van der Waals surface area contributed by atoms with E-state index in [1.54, 1.807) is 6.92 Å². The highest BCUT2D eigenvalue weighted by atomic mass is 19.1. The molecule has 0 fully saturated rings. The predicted octanol–water partition coefficient (Wildman–Crippen LogP) is 1.95. The lowest BCUT2D eigenvalue weighted by atomic mass is 10.3. The summed E-state index contributed by atoms with van der Waals surface area (Å²) in [5.41, 5.74) is 5.96. The van der Waals surface area contributed by atoms with Gasteiger partial charge in [0, 0.05) is 11.8 Å². The average molecular weight is 280 g/mol. The number of aromatic nitrogens is 2. The molecule has 2 aromatic rings. The van der Waals surface area contributed by atoms with Crippen molar-refractivity contribution in [2.45, 2.75) is 6.92 Å². The molecule has 6 nitrogen and oxygen atoms in total. The van der Waals surface area contributed by atoms with Crippen molar-refractivity contribution in [2.75, 3.05) is 0 Å². The first-order valence-corrected chi connectivity index (χ1v) is 5.46. The Morgan fingerprint density at radius 1 is 1.30 bits per heavy atom. The van der Waals surface area contributed by atoms with Gasteiger partial charge in [0.15, 0.2) is 17.4 Å². The molecule has 104 valence electrons. The molecule has 0 saturated heterocycles. The van der Waals surface area contributed by atoms with E-state index in [1.165, 1.54) is 6.07 Å². The molecule has 3 N–H and O–H groups in total. The zero-order chi connectivity index (χ0) is 14.7. The molecule has 1 heterocycles. The number of nitrogens with two attached hydrogens (primary N) is 1. The first-order chi connectivity index (χ1) is 9.49. The molecule has 1 aromatic carbocycles. The van der Waals surface area contributed by atoms with Crippen molar-refractivity contribution in [3.05, 3.63) is 47.3 Å². The van der Waals surface area contributed by atoms with Crippen LogP contribution < -0.4 is 10.5 Å². The first kappa shape index (κ1) is 13.7. The third kappa shape index (κ3) is 2.97. The molecule has 20 heavy (non-hydrogen) atoms. The molecule has 1 aromatic heterocycles. The van der Waals surface area contributed by atoms with Gasteiger partial charge in [-0.25, -0.2) is 13.8 Å². The standard InChI is InChI=1S/C12H10F2N4O2/c1-6-4-9(11(15)18-19)17-12(16-6)20-10-5-7(13)2-3-8(10)14/h2-5,19H,1H3,(H2,15,18). The Bertz CT molecular complexity index is 677. The van der Waals surface area contributed by atoms with Gasteiger partial charge in [0.2, 0.25) is 0 Å². The van der Waals surface area contributed by atoms with E-state index in [9.17, 15) is 8.78 Å². The normalized spacial score (nSPS) is 11.4. The molecular formula is C12H10F2N4O2. The van der Waals surface area contributed by atoms with E-state index < -0.39 is 11.6 Å². The van der Waals surface area contributed by atoms with Crippen LogP contribution in [0.4, 0.5) is 8.78 Å². The van der Waals surface area contributed by atoms with Gasteiger partial charge >= 0.3 is 6.01 Å². The van der Waals surface area contributed by atoms with E-state index >= 15 is 0 Å². The second-order valence-electron chi connectivity index (χ2n) is 3.84. The number of aryl methyl sites for hydroxylation is 1. The number of hydrogen-bond acceptors (Lipinski definition) is 5. The van der Waals surface area contributed by atoms with E-state index in [0.29, 0.717) is 5.69 Å². The van der Waals surface area contributed by atoms with E-state index in [4.69, 9.17) is 15.7 Å². The molecule has 0 atom stereocenters. The molecule has 0 bridgehead atoms. The van der Waals surface area contributed by atoms with Crippen molar-refractivity contribution >= 4 is 5.84 Å². The largest absolute Gasteiger partial charge is 0.421 e. The minimum Gasteiger partial charge on any atom is -0.421 e. The number of oxime groups is 1. The fourth-order valence-corrected chi connectivity index (χ4v) is 1.42. The fraction of sp³-hybridized carbons (Fsp3) is 0.0833. The maximum absolute atomic E-state index is 13.4. The van der Waals surface area contributed by atoms with Crippen molar-refractivity contribution in [3.63, 3.8) is 0 Å². The van der Waals surface area contributed by atoms with Crippen molar-refractivity contribution in [1.82, 2.24) is 9.97 Å². The number of hydrogen-bond donors (Lipinski definition) is 2. The molecule has 0 aliphatic heterocycles. The van der Waals surface area contributed by atoms with Crippen LogP contribution in [-0.4, -0.2) is 21.0 Å². The molecule has 0 spiro atoms. The van der Waals surface area contributed by atoms with Gasteiger partial charge in [0.25, 0.3) is 0 Å². The van der Waals surface area contributed by atoms with Crippen LogP contribution in [0, 0.1) is 18.6 Å². The average Bonchev–Trinajstić information content (AvgIpc) is 2.41. The van der Waals surface area contributed by atoms with Gasteiger partial charge in [0.05, 0.1) is 0 Å². The minimum absolute atomic E-state index is 0.104. The highest BCUT2D eigenvalue weighted by Crippen LogP contribution is 2.23. The Morgan fingerprint density at radius 2 is 2.05 bits per heavy atom. The maximum atomic E-state index is 13.4. The summed E-state index contributed by atoms with van der Waals surface area (Å²) < 4.78 is 31.6. The number of rotatable bonds is 3. The second-order valence-corrected chi connectivity index (χ2v) is 3.84. The lowest BCUT2D eigenvalue weighted by Gasteiger charge is -2.07. The number of benzene rings is 1. The van der Waals surface area contributed by atoms with Crippen molar-refractivity contribution < 1.29 is 18.7 Å². The van der Waals surface area contributed by atoms with Gasteiger partial charge < -0.3 is 15.7 Å². The summed E-state index contributed by atoms with van der Waals surface area (Å²) in [7, 11) is 0. The Morgan fingerprint density at radius 3 is 2.75 bits per heavy atom. The summed E-state index contributed by atoms with van der Waals surface area (Å²) in [6.45, 7) is 1.62. The van der Waals surface area contributed by atoms with Gasteiger partial charge in [-0.05, 0) is 25.1 Å². The molecule has 0 aliphatic carbocycles. The molecule has 8 heteroatoms. The molecule has 0 saturated carbocycles. The number of halogens is 2. The van der Waals surface area contributed by atoms with Crippen LogP contribution >= 0.6 is 0 Å². The molecule has 0 amide bonds. The molecular weight excluding hydrogens is 270 g/mol. The van der Waals surface area contributed by atoms with Crippen LogP contribution in [0.1, 0.15) is 11.4 Å². The summed E-state index contributed by atoms with van der Waals surface area (Å²) in [4.78, 5) is 7.73. The smallest absolute Gasteiger partial charge is 0.322 e. The monoisotopic (exact) mass is 280 g/mol. The topological polar surface area (TPSA) is 93.6 Å². The van der Waals surface area contributed by atoms with Crippen LogP contribution in [0.3, 0.4) is 0 Å². The van der Waals surface area contributed by atoms with Crippen LogP contribution in [0.2, 0.25) is 0 Å². The molecule has 2 rings (SSSR count). The first-order valence-electron chi connectivity index (χ1n) is 5.46. The van der Waals surface area contributed by atoms with Gasteiger partial charge in [-0.15, -0.1) is 0 Å². The van der Waals surface area contributed by atoms with Crippen molar-refractivity contribution in [3.8, 4) is 11.8 Å². The van der Waals surface area contributed by atoms with Gasteiger partial charge in [-0.3, -0.25) is 0 Å². The van der Waals surface area contributed by atoms with Crippen LogP contribution in [0.5, 0.6) is 11.8 Å². The molecule has 0 unspecified atom stereocenters. The summed E-state index contributed by atoms with van der Waals surface area (Å²) in [6, 6.07) is 3.95. The van der Waals surface area contributed by atoms with Gasteiger partial charge in [0.1, 0.15) is 11.5 Å². The Labute approximate surface area is 112 Å². The number of amidine groups is 1. The quantitative estimate of drug-likeness (QED) is 0.388. The number of nitrogens with zero attached hydrogens (tertiary/aromatic N) is 3. The molecule has 0 radical (unpaired) electrons. The zero-order valence-corrected chi connectivity index (χ0v) is 10.3. The summed E-state index contributed by atoms with van der Waals surface area (Å²) in [5, 5.41) is 11.4. The summed E-state index contributed by atoms with van der Waals surface area (Å²) >= 11 is 0. The third-order valence-corrected chi connectivity index (χ3v) is 2.30. The highest BCUT2D eigenvalue weighted by molar-refractivity contribution is 5.95. The minimum atomic E-state index is -0.762. The lowest BCUT2D eigenvalue weighted by Crippen LogP contribution is -2.16. The van der Waals surface area contributed by atoms with E-state index in [0.717, 1.165) is 18.2 Å². The lowest BCUT2D eigenvalue weighted by molar-refractivity contribution is 0.318. The number of ether oxygens (including phenoxy) is 1. The van der Waals surface area contributed by atoms with E-state index in [-0.39, 0.29) is 23.3 Å². The maximum Gasteiger partial charge on any atom is 0.322 e. The Hall–Kier alpha value is -2.77. The van der Waals surface area contributed by atoms with Crippen molar-refractivity contribution in [2.24, 2.45) is 10.9 Å². The predicted molar refractivity (Wildman–Crippen MR) is 65.7 cm³/mol. The van der Waals surface area contributed by atoms with E-state index in [2.05, 4.69) is 15.1 Å². The van der Waals surface area contributed by atoms with E-state index in [1.807, 2.05) is 0 Å². The third-order valence-electron chi connectivity index (χ3n) is 2.30. The summed E-state index contributed by atoms with van der Waals surface area (Å²) in [5.74, 6) is -2.03. The Balaban J connectivity index is 2.38. The second kappa shape index (κ2) is 5.47. The fourth-order valence-electron chi connectivity index (χ4n) is 1.42. The van der Waals surface area contributed by atoms with Crippen LogP contribution in [-0.2, 0) is 0 Å². The van der Waals surface area contributed by atoms with Gasteiger partial charge in [-0.1, -0.05) is 5.16 Å². The molecule has 0 aliphatic rings. The summed E-state index contributed by atoms with van der Waals surface area (Å²) in [6.07, 6.45) is 0. The van der Waals surface area contributed by atoms with Gasteiger partial charge in [-0.2, -0.15) is 4.98 Å². The highest BCUT2D eigenvalue weighted by Gasteiger charge is 2.11. The Kier molecular flexibility index (Phi) is 3.74. The SMILES string of the molecule is Cc1cc(/C(N)=N/O)nc(Oc2cc(F)ccc2F)n1. The van der Waals surface area contributed by atoms with Crippen LogP contribution in [0.15, 0.2) is 29.4 Å². The van der Waals surface area contributed by atoms with Crippen molar-refractivity contribution in [1.29, 1.82) is 0 Å². The van der Waals surface area contributed by atoms with Crippen LogP contribution in [0.25, 0.3) is 0 Å².